The van der Waals surface area contributed by atoms with Crippen molar-refractivity contribution in [2.24, 2.45) is 22.2 Å². The number of halogens is 4. The third kappa shape index (κ3) is 5.10. The molecule has 2 aromatic carbocycles. The first kappa shape index (κ1) is 30.2. The third-order valence-electron chi connectivity index (χ3n) is 10.4. The first-order valence-corrected chi connectivity index (χ1v) is 16.4. The maximum absolute atomic E-state index is 13.9. The van der Waals surface area contributed by atoms with E-state index in [1.165, 1.54) is 47.8 Å². The summed E-state index contributed by atoms with van der Waals surface area (Å²) in [6, 6.07) is 9.08. The molecule has 11 heteroatoms. The number of ketones is 1. The molecule has 0 aromatic heterocycles. The zero-order valence-corrected chi connectivity index (χ0v) is 25.2. The van der Waals surface area contributed by atoms with E-state index >= 15 is 0 Å². The van der Waals surface area contributed by atoms with Gasteiger partial charge in [0.25, 0.3) is 0 Å². The number of alkyl halides is 3. The second-order valence-electron chi connectivity index (χ2n) is 13.4. The van der Waals surface area contributed by atoms with E-state index in [4.69, 9.17) is 4.99 Å². The summed E-state index contributed by atoms with van der Waals surface area (Å²) in [7, 11) is -4.12. The van der Waals surface area contributed by atoms with Gasteiger partial charge in [0.15, 0.2) is 5.78 Å². The van der Waals surface area contributed by atoms with E-state index in [1.807, 2.05) is 13.8 Å². The van der Waals surface area contributed by atoms with Crippen molar-refractivity contribution in [3.8, 4) is 0 Å². The van der Waals surface area contributed by atoms with Crippen LogP contribution in [0.5, 0.6) is 0 Å². The number of nitrogens with zero attached hydrogens (tertiary/aromatic N) is 2. The molecule has 1 heterocycles. The van der Waals surface area contributed by atoms with Crippen LogP contribution in [0.1, 0.15) is 76.3 Å². The molecule has 0 radical (unpaired) electrons. The number of carbonyl (C=O) groups excluding carboxylic acids is 1. The molecule has 0 spiro atoms. The van der Waals surface area contributed by atoms with E-state index in [2.05, 4.69) is 5.32 Å². The van der Waals surface area contributed by atoms with Gasteiger partial charge in [-0.1, -0.05) is 45.2 Å². The quantitative estimate of drug-likeness (QED) is 0.291. The molecule has 7 rings (SSSR count). The monoisotopic (exact) mass is 619 g/mol. The standard InChI is InChI=1S/C32H37F4N3O3S/c1-21(2)31(27(40)15-8-22-4-3-5-22)20-37-28(38-31)29-17-30(18-29,19-29)39(43(41,42)26-13-11-25(33)12-14-26)16-23-6-9-24(10-7-23)32(34,35)36/h6-7,9-14,21-22H,3-5,8,15-20H2,1-2H3,(H,37,38). The average Bonchev–Trinajstić information content (AvgIpc) is 3.32. The van der Waals surface area contributed by atoms with Gasteiger partial charge >= 0.3 is 6.18 Å². The van der Waals surface area contributed by atoms with Crippen LogP contribution in [0, 0.1) is 23.1 Å². The molecule has 232 valence electrons. The molecule has 6 nitrogen and oxygen atoms in total. The maximum atomic E-state index is 13.9. The van der Waals surface area contributed by atoms with E-state index in [9.17, 15) is 30.8 Å². The molecule has 0 amide bonds. The smallest absolute Gasteiger partial charge is 0.359 e. The Hall–Kier alpha value is -2.79. The molecular formula is C32H37F4N3O3S. The largest absolute Gasteiger partial charge is 0.416 e. The van der Waals surface area contributed by atoms with Gasteiger partial charge in [0.05, 0.1) is 17.0 Å². The number of rotatable bonds is 11. The molecule has 4 saturated carbocycles. The highest BCUT2D eigenvalue weighted by Gasteiger charge is 2.75. The van der Waals surface area contributed by atoms with Crippen LogP contribution in [0.3, 0.4) is 0 Å². The summed E-state index contributed by atoms with van der Waals surface area (Å²) < 4.78 is 82.3. The fourth-order valence-corrected chi connectivity index (χ4v) is 9.15. The number of hydrogen-bond donors (Lipinski definition) is 1. The maximum Gasteiger partial charge on any atom is 0.416 e. The second kappa shape index (κ2) is 10.4. The van der Waals surface area contributed by atoms with Crippen molar-refractivity contribution >= 4 is 21.6 Å². The molecular weight excluding hydrogens is 582 g/mol. The minimum absolute atomic E-state index is 0.0268. The van der Waals surface area contributed by atoms with Gasteiger partial charge in [-0.05, 0) is 79.5 Å². The first-order chi connectivity index (χ1) is 20.2. The fraction of sp³-hybridized carbons (Fsp3) is 0.562. The van der Waals surface area contributed by atoms with Crippen molar-refractivity contribution in [3.05, 3.63) is 65.5 Å². The molecule has 5 aliphatic rings. The number of amidine groups is 1. The van der Waals surface area contributed by atoms with Crippen molar-refractivity contribution in [1.29, 1.82) is 0 Å². The number of sulfonamides is 1. The summed E-state index contributed by atoms with van der Waals surface area (Å²) in [5, 5.41) is 3.53. The van der Waals surface area contributed by atoms with E-state index in [1.54, 1.807) is 0 Å². The van der Waals surface area contributed by atoms with Gasteiger partial charge in [-0.3, -0.25) is 9.79 Å². The summed E-state index contributed by atoms with van der Waals surface area (Å²) >= 11 is 0. The summed E-state index contributed by atoms with van der Waals surface area (Å²) in [4.78, 5) is 18.3. The lowest BCUT2D eigenvalue weighted by Gasteiger charge is -2.73. The van der Waals surface area contributed by atoms with Crippen molar-refractivity contribution in [2.45, 2.75) is 93.9 Å². The van der Waals surface area contributed by atoms with E-state index in [0.29, 0.717) is 43.7 Å². The van der Waals surface area contributed by atoms with Gasteiger partial charge in [0.2, 0.25) is 10.0 Å². The van der Waals surface area contributed by atoms with Crippen LogP contribution in [-0.4, -0.2) is 42.0 Å². The zero-order valence-electron chi connectivity index (χ0n) is 24.4. The Balaban J connectivity index is 1.22. The van der Waals surface area contributed by atoms with Gasteiger partial charge in [-0.25, -0.2) is 12.8 Å². The number of hydrogen-bond acceptors (Lipinski definition) is 5. The summed E-state index contributed by atoms with van der Waals surface area (Å²) in [5.74, 6) is 1.02. The van der Waals surface area contributed by atoms with Crippen molar-refractivity contribution in [1.82, 2.24) is 9.62 Å². The van der Waals surface area contributed by atoms with Crippen LogP contribution in [-0.2, 0) is 27.5 Å². The molecule has 1 aliphatic heterocycles. The molecule has 1 N–H and O–H groups in total. The highest BCUT2D eigenvalue weighted by molar-refractivity contribution is 7.89. The Labute approximate surface area is 250 Å². The zero-order chi connectivity index (χ0) is 30.8. The van der Waals surface area contributed by atoms with Crippen molar-refractivity contribution in [2.75, 3.05) is 6.54 Å². The topological polar surface area (TPSA) is 78.8 Å². The molecule has 1 unspecified atom stereocenters. The molecule has 4 aliphatic carbocycles. The van der Waals surface area contributed by atoms with Crippen LogP contribution in [0.25, 0.3) is 0 Å². The molecule has 2 aromatic rings. The Bertz CT molecular complexity index is 1510. The van der Waals surface area contributed by atoms with Gasteiger partial charge in [-0.15, -0.1) is 0 Å². The first-order valence-electron chi connectivity index (χ1n) is 15.0. The van der Waals surface area contributed by atoms with Crippen LogP contribution in [0.15, 0.2) is 58.4 Å². The third-order valence-corrected chi connectivity index (χ3v) is 12.3. The predicted molar refractivity (Wildman–Crippen MR) is 154 cm³/mol. The van der Waals surface area contributed by atoms with Crippen molar-refractivity contribution in [3.63, 3.8) is 0 Å². The molecule has 2 bridgehead atoms. The lowest BCUT2D eigenvalue weighted by atomic mass is 9.38. The molecule has 43 heavy (non-hydrogen) atoms. The number of nitrogens with one attached hydrogen (secondary N) is 1. The molecule has 0 saturated heterocycles. The van der Waals surface area contributed by atoms with Gasteiger partial charge in [0.1, 0.15) is 17.2 Å². The van der Waals surface area contributed by atoms with Crippen molar-refractivity contribution < 1.29 is 30.8 Å². The summed E-state index contributed by atoms with van der Waals surface area (Å²) in [6.45, 7) is 4.29. The number of benzene rings is 2. The molecule has 4 fully saturated rings. The summed E-state index contributed by atoms with van der Waals surface area (Å²) in [5.41, 5.74) is -2.28. The number of aliphatic imine (C=N–C) groups is 1. The number of carbonyl (C=O) groups is 1. The average molecular weight is 620 g/mol. The Morgan fingerprint density at radius 1 is 1.05 bits per heavy atom. The number of Topliss-reactive ketones (excluding diaryl/α,β-unsaturated/α-hetero) is 1. The summed E-state index contributed by atoms with van der Waals surface area (Å²) in [6.07, 6.45) is 1.98. The molecule has 1 atom stereocenters. The van der Waals surface area contributed by atoms with Gasteiger partial charge in [-0.2, -0.15) is 17.5 Å². The highest BCUT2D eigenvalue weighted by Crippen LogP contribution is 2.71. The van der Waals surface area contributed by atoms with Crippen LogP contribution in [0.2, 0.25) is 0 Å². The normalized spacial score (nSPS) is 28.6. The highest BCUT2D eigenvalue weighted by atomic mass is 32.2. The Morgan fingerprint density at radius 2 is 1.67 bits per heavy atom. The SMILES string of the molecule is CC(C)C1(C(=O)CCC2CCC2)CN=C(C23CC(N(Cc4ccc(C(F)(F)F)cc4)S(=O)(=O)c4ccc(F)cc4)(C2)C3)N1. The lowest BCUT2D eigenvalue weighted by molar-refractivity contribution is -0.151. The van der Waals surface area contributed by atoms with Crippen LogP contribution in [0.4, 0.5) is 17.6 Å². The van der Waals surface area contributed by atoms with E-state index in [-0.39, 0.29) is 28.6 Å². The lowest BCUT2D eigenvalue weighted by Crippen LogP contribution is -2.79. The van der Waals surface area contributed by atoms with Crippen LogP contribution < -0.4 is 5.32 Å². The van der Waals surface area contributed by atoms with Crippen LogP contribution >= 0.6 is 0 Å². The Morgan fingerprint density at radius 3 is 2.21 bits per heavy atom. The predicted octanol–water partition coefficient (Wildman–Crippen LogP) is 6.50. The van der Waals surface area contributed by atoms with Gasteiger partial charge in [0, 0.05) is 23.9 Å². The minimum atomic E-state index is -4.50. The Kier molecular flexibility index (Phi) is 7.31. The minimum Gasteiger partial charge on any atom is -0.359 e. The van der Waals surface area contributed by atoms with E-state index < -0.39 is 38.7 Å². The fourth-order valence-electron chi connectivity index (χ4n) is 7.40. The van der Waals surface area contributed by atoms with E-state index in [0.717, 1.165) is 36.5 Å². The second-order valence-corrected chi connectivity index (χ2v) is 15.2. The van der Waals surface area contributed by atoms with Gasteiger partial charge < -0.3 is 5.32 Å².